The number of carbonyl (C=O) groups excluding carboxylic acids is 1. The quantitative estimate of drug-likeness (QED) is 0.104. The zero-order chi connectivity index (χ0) is 36.0. The molecular formula is C27H36FN10O9P2S+. The van der Waals surface area contributed by atoms with E-state index in [1.54, 1.807) is 19.9 Å². The number of fused-ring (bicyclic) bond motifs is 1. The number of anilines is 2. The molecule has 1 unspecified atom stereocenters. The van der Waals surface area contributed by atoms with Crippen molar-refractivity contribution in [3.05, 3.63) is 28.9 Å². The zero-order valence-corrected chi connectivity index (χ0v) is 29.5. The third-order valence-corrected chi connectivity index (χ3v) is 11.1. The number of H-pyrrole nitrogens is 1. The third-order valence-electron chi connectivity index (χ3n) is 8.26. The number of nitriles is 1. The van der Waals surface area contributed by atoms with Crippen molar-refractivity contribution in [2.75, 3.05) is 30.5 Å². The van der Waals surface area contributed by atoms with E-state index in [0.717, 1.165) is 0 Å². The molecule has 0 aliphatic heterocycles. The van der Waals surface area contributed by atoms with Gasteiger partial charge in [0, 0.05) is 29.2 Å². The smallest absolute Gasteiger partial charge is 0.396 e. The fraction of sp³-hybridized carbons (Fsp3) is 0.630. The minimum atomic E-state index is -3.76. The highest BCUT2D eigenvalue weighted by Crippen LogP contribution is 2.56. The molecule has 3 heterocycles. The van der Waals surface area contributed by atoms with Gasteiger partial charge < -0.3 is 24.0 Å². The first kappa shape index (κ1) is 37.8. The number of alkyl halides is 1. The zero-order valence-electron chi connectivity index (χ0n) is 26.9. The van der Waals surface area contributed by atoms with E-state index in [0.29, 0.717) is 12.2 Å². The molecule has 5 N–H and O–H groups in total. The topological polar surface area (TPSA) is 262 Å². The fourth-order valence-electron chi connectivity index (χ4n) is 5.83. The molecule has 3 aromatic heterocycles. The minimum Gasteiger partial charge on any atom is -0.396 e. The van der Waals surface area contributed by atoms with Crippen molar-refractivity contribution in [2.45, 2.75) is 70.0 Å². The van der Waals surface area contributed by atoms with E-state index in [9.17, 15) is 24.2 Å². The summed E-state index contributed by atoms with van der Waals surface area (Å²) in [5, 5.41) is 32.9. The van der Waals surface area contributed by atoms with Crippen LogP contribution in [0.25, 0.3) is 11.2 Å². The van der Waals surface area contributed by atoms with Crippen LogP contribution in [0.15, 0.2) is 23.4 Å². The Morgan fingerprint density at radius 3 is 2.82 bits per heavy atom. The molecule has 50 heavy (non-hydrogen) atoms. The standard InChI is InChI=1S/C27H35FN10O9P2S/c1-14(2)25(40)34-27-33-24-22(26(41)35-27)36-37-38(24)18-8-15(11-39)9-19(18)47-49(50,44-7-3-5-29)45-12-16-10-17(21(28)23(16)46-48(42)43)32-20-4-6-30-13-31-20/h4,6,13-19,21,23,39H,3,7-12H2,1-2H3,(H3-,30,31,32,33,34,35,37,40,41,42,43)/p+1/t15-,16+,17+,18+,19+,21-,23+,49+/m0/s1. The molecule has 270 valence electrons. The molecule has 23 heteroatoms. The highest BCUT2D eigenvalue weighted by atomic mass is 32.5. The summed E-state index contributed by atoms with van der Waals surface area (Å²) < 4.78 is 52.0. The normalized spacial score (nSPS) is 26.5. The van der Waals surface area contributed by atoms with Crippen molar-refractivity contribution in [1.82, 2.24) is 34.9 Å². The largest absolute Gasteiger partial charge is 0.695 e. The molecule has 0 saturated heterocycles. The van der Waals surface area contributed by atoms with E-state index in [-0.39, 0.29) is 68.0 Å². The van der Waals surface area contributed by atoms with Gasteiger partial charge in [0.15, 0.2) is 23.4 Å². The number of aliphatic hydroxyl groups is 1. The molecule has 0 spiro atoms. The summed E-state index contributed by atoms with van der Waals surface area (Å²) in [4.78, 5) is 49.3. The van der Waals surface area contributed by atoms with Gasteiger partial charge in [-0.25, -0.2) is 19.0 Å². The molecule has 5 rings (SSSR count). The number of halogens is 1. The average Bonchev–Trinajstić information content (AvgIpc) is 3.76. The lowest BCUT2D eigenvalue weighted by atomic mass is 10.1. The van der Waals surface area contributed by atoms with Crippen LogP contribution in [0.5, 0.6) is 0 Å². The fourth-order valence-corrected chi connectivity index (χ4v) is 8.51. The first-order valence-corrected chi connectivity index (χ1v) is 19.3. The Balaban J connectivity index is 1.39. The number of carbonyl (C=O) groups is 1. The van der Waals surface area contributed by atoms with Gasteiger partial charge in [0.1, 0.15) is 12.1 Å². The van der Waals surface area contributed by atoms with Gasteiger partial charge in [0.05, 0.1) is 43.9 Å². The van der Waals surface area contributed by atoms with Crippen molar-refractivity contribution in [2.24, 2.45) is 17.8 Å². The van der Waals surface area contributed by atoms with Gasteiger partial charge >= 0.3 is 15.0 Å². The number of aromatic amines is 1. The van der Waals surface area contributed by atoms with E-state index in [1.165, 1.54) is 17.2 Å². The summed E-state index contributed by atoms with van der Waals surface area (Å²) in [6, 6.07) is 1.94. The molecule has 2 fully saturated rings. The first-order valence-electron chi connectivity index (χ1n) is 15.6. The van der Waals surface area contributed by atoms with Crippen LogP contribution in [0.2, 0.25) is 0 Å². The molecule has 2 aliphatic rings. The average molecular weight is 758 g/mol. The number of amides is 1. The molecule has 9 atom stereocenters. The summed E-state index contributed by atoms with van der Waals surface area (Å²) in [7, 11) is -3.17. The number of hydrogen-bond donors (Lipinski definition) is 5. The summed E-state index contributed by atoms with van der Waals surface area (Å²) in [6.45, 7) is -1.09. The molecule has 0 aromatic carbocycles. The van der Waals surface area contributed by atoms with Crippen molar-refractivity contribution < 1.29 is 41.8 Å². The Morgan fingerprint density at radius 2 is 2.14 bits per heavy atom. The van der Waals surface area contributed by atoms with Crippen LogP contribution in [-0.2, 0) is 39.3 Å². The van der Waals surface area contributed by atoms with Crippen LogP contribution in [0, 0.1) is 29.1 Å². The monoisotopic (exact) mass is 757 g/mol. The highest BCUT2D eigenvalue weighted by Gasteiger charge is 2.50. The molecule has 3 aromatic rings. The van der Waals surface area contributed by atoms with Crippen LogP contribution in [0.1, 0.15) is 45.6 Å². The molecule has 2 aliphatic carbocycles. The first-order chi connectivity index (χ1) is 23.9. The maximum absolute atomic E-state index is 15.6. The number of nitrogens with one attached hydrogen (secondary N) is 3. The Hall–Kier alpha value is -3.44. The predicted molar refractivity (Wildman–Crippen MR) is 177 cm³/mol. The third kappa shape index (κ3) is 9.07. The van der Waals surface area contributed by atoms with Gasteiger partial charge in [-0.3, -0.25) is 19.9 Å². The number of hydrogen-bond acceptors (Lipinski definition) is 16. The van der Waals surface area contributed by atoms with Crippen LogP contribution in [0.3, 0.4) is 0 Å². The Bertz CT molecular complexity index is 1820. The van der Waals surface area contributed by atoms with Gasteiger partial charge in [-0.05, 0) is 43.1 Å². The number of rotatable bonds is 16. The second-order valence-corrected chi connectivity index (χ2v) is 15.7. The lowest BCUT2D eigenvalue weighted by Crippen LogP contribution is -2.33. The molecule has 1 amide bonds. The summed E-state index contributed by atoms with van der Waals surface area (Å²) in [5.41, 5.74) is -0.690. The van der Waals surface area contributed by atoms with Crippen LogP contribution < -0.4 is 16.2 Å². The van der Waals surface area contributed by atoms with Gasteiger partial charge in [0.25, 0.3) is 5.56 Å². The van der Waals surface area contributed by atoms with Crippen LogP contribution in [0.4, 0.5) is 16.2 Å². The number of aliphatic hydroxyl groups excluding tert-OH is 1. The van der Waals surface area contributed by atoms with Crippen molar-refractivity contribution in [3.8, 4) is 6.07 Å². The van der Waals surface area contributed by atoms with Crippen molar-refractivity contribution in [1.29, 1.82) is 5.26 Å². The Labute approximate surface area is 290 Å². The summed E-state index contributed by atoms with van der Waals surface area (Å²) >= 11 is 5.78. The predicted octanol–water partition coefficient (Wildman–Crippen LogP) is 2.27. The lowest BCUT2D eigenvalue weighted by molar-refractivity contribution is -0.118. The van der Waals surface area contributed by atoms with E-state index in [1.807, 2.05) is 6.07 Å². The van der Waals surface area contributed by atoms with Crippen LogP contribution >= 0.6 is 15.0 Å². The van der Waals surface area contributed by atoms with Gasteiger partial charge in [-0.15, -0.1) is 14.5 Å². The van der Waals surface area contributed by atoms with Gasteiger partial charge in [0.2, 0.25) is 11.9 Å². The molecule has 2 saturated carbocycles. The van der Waals surface area contributed by atoms with E-state index < -0.39 is 62.8 Å². The van der Waals surface area contributed by atoms with E-state index in [4.69, 9.17) is 35.2 Å². The molecule has 0 bridgehead atoms. The lowest BCUT2D eigenvalue weighted by Gasteiger charge is -2.29. The molecular weight excluding hydrogens is 721 g/mol. The van der Waals surface area contributed by atoms with Crippen molar-refractivity contribution >= 4 is 55.6 Å². The van der Waals surface area contributed by atoms with E-state index >= 15 is 4.39 Å². The number of nitrogens with zero attached hydrogens (tertiary/aromatic N) is 7. The Morgan fingerprint density at radius 1 is 1.34 bits per heavy atom. The summed E-state index contributed by atoms with van der Waals surface area (Å²) in [5.74, 6) is -1.63. The second-order valence-electron chi connectivity index (χ2n) is 12.1. The van der Waals surface area contributed by atoms with Crippen molar-refractivity contribution in [3.63, 3.8) is 0 Å². The highest BCUT2D eigenvalue weighted by molar-refractivity contribution is 8.07. The second kappa shape index (κ2) is 16.7. The maximum atomic E-state index is 15.6. The van der Waals surface area contributed by atoms with Gasteiger partial charge in [-0.1, -0.05) is 19.1 Å². The van der Waals surface area contributed by atoms with E-state index in [2.05, 4.69) is 40.9 Å². The van der Waals surface area contributed by atoms with Crippen LogP contribution in [-0.4, -0.2) is 95.1 Å². The Kier molecular flexibility index (Phi) is 12.6. The molecule has 19 nitrogen and oxygen atoms in total. The number of aromatic nitrogens is 7. The maximum Gasteiger partial charge on any atom is 0.695 e. The summed E-state index contributed by atoms with van der Waals surface area (Å²) in [6.07, 6.45) is -0.580. The van der Waals surface area contributed by atoms with Gasteiger partial charge in [-0.2, -0.15) is 10.2 Å². The SMILES string of the molecule is CC(C)C(=O)Nc1nc2c(nnn2[C@@H]2C[C@H](CO)C[C@H]2O[P@@](=S)(OCCC#N)OC[C@H]2C[C@@H](Nc3ccncn3)[C@H](F)[C@@H]2O[P+](=O)O)c(=O)[nH]1. The molecule has 0 radical (unpaired) electrons. The minimum absolute atomic E-state index is 0.0462.